The molecule has 1 aromatic heterocycles. The first-order valence-electron chi connectivity index (χ1n) is 11.2. The second-order valence-corrected chi connectivity index (χ2v) is 8.57. The van der Waals surface area contributed by atoms with Crippen LogP contribution in [0.15, 0.2) is 51.6 Å². The van der Waals surface area contributed by atoms with Crippen molar-refractivity contribution in [3.63, 3.8) is 0 Å². The smallest absolute Gasteiger partial charge is 0.340 e. The number of carbonyl (C=O) groups is 4. The highest BCUT2D eigenvalue weighted by molar-refractivity contribution is 6.43. The van der Waals surface area contributed by atoms with Crippen LogP contribution >= 0.6 is 23.2 Å². The fraction of sp³-hybridized carbons (Fsp3) is 0.280. The molecule has 0 atom stereocenters. The summed E-state index contributed by atoms with van der Waals surface area (Å²) < 4.78 is 15.9. The van der Waals surface area contributed by atoms with Gasteiger partial charge >= 0.3 is 17.8 Å². The standard InChI is InChI=1S/C25H25Cl2N3O7/c1-4-36-25(34)21-14(2)30(9-10-35-3)24(33)18(21)12-16-6-7-17(37-16)13-28-22(31)23(32)29-15-5-8-19(26)20(27)11-15/h5-8,11-12H,4,9-10,13H2,1-3H3,(H,28,31)(H,29,32)/b18-12+. The Morgan fingerprint density at radius 2 is 1.86 bits per heavy atom. The predicted molar refractivity (Wildman–Crippen MR) is 137 cm³/mol. The van der Waals surface area contributed by atoms with Gasteiger partial charge in [-0.05, 0) is 50.3 Å². The highest BCUT2D eigenvalue weighted by Gasteiger charge is 2.37. The van der Waals surface area contributed by atoms with Crippen LogP contribution in [0, 0.1) is 0 Å². The number of rotatable bonds is 9. The zero-order chi connectivity index (χ0) is 27.1. The van der Waals surface area contributed by atoms with E-state index in [0.717, 1.165) is 0 Å². The minimum absolute atomic E-state index is 0.0929. The molecule has 0 saturated heterocycles. The van der Waals surface area contributed by atoms with Crippen molar-refractivity contribution in [1.82, 2.24) is 10.2 Å². The number of esters is 1. The molecule has 12 heteroatoms. The first-order valence-corrected chi connectivity index (χ1v) is 12.0. The maximum absolute atomic E-state index is 13.0. The lowest BCUT2D eigenvalue weighted by Gasteiger charge is -2.16. The van der Waals surface area contributed by atoms with E-state index in [2.05, 4.69) is 10.6 Å². The molecule has 37 heavy (non-hydrogen) atoms. The number of carbonyl (C=O) groups excluding carboxylic acids is 4. The highest BCUT2D eigenvalue weighted by Crippen LogP contribution is 2.32. The number of halogens is 2. The first kappa shape index (κ1) is 28.0. The predicted octanol–water partition coefficient (Wildman–Crippen LogP) is 3.55. The third-order valence-corrected chi connectivity index (χ3v) is 6.03. The summed E-state index contributed by atoms with van der Waals surface area (Å²) in [5.41, 5.74) is 1.04. The van der Waals surface area contributed by atoms with Crippen molar-refractivity contribution in [2.45, 2.75) is 20.4 Å². The fourth-order valence-electron chi connectivity index (χ4n) is 3.50. The molecule has 0 spiro atoms. The number of methoxy groups -OCH3 is 1. The summed E-state index contributed by atoms with van der Waals surface area (Å²) >= 11 is 11.8. The van der Waals surface area contributed by atoms with Crippen LogP contribution < -0.4 is 10.6 Å². The van der Waals surface area contributed by atoms with Gasteiger partial charge in [-0.2, -0.15) is 0 Å². The Morgan fingerprint density at radius 3 is 2.54 bits per heavy atom. The Kier molecular flexibility index (Phi) is 9.51. The molecule has 0 unspecified atom stereocenters. The van der Waals surface area contributed by atoms with Gasteiger partial charge in [-0.25, -0.2) is 4.79 Å². The van der Waals surface area contributed by atoms with Crippen molar-refractivity contribution < 1.29 is 33.1 Å². The van der Waals surface area contributed by atoms with Crippen molar-refractivity contribution in [3.8, 4) is 0 Å². The van der Waals surface area contributed by atoms with Gasteiger partial charge in [0, 0.05) is 25.0 Å². The number of benzene rings is 1. The summed E-state index contributed by atoms with van der Waals surface area (Å²) in [6.45, 7) is 3.95. The molecule has 0 bridgehead atoms. The quantitative estimate of drug-likeness (QED) is 0.278. The molecule has 0 fully saturated rings. The molecular weight excluding hydrogens is 525 g/mol. The number of ether oxygens (including phenoxy) is 2. The van der Waals surface area contributed by atoms with E-state index in [9.17, 15) is 19.2 Å². The molecule has 3 rings (SSSR count). The van der Waals surface area contributed by atoms with Gasteiger partial charge in [0.1, 0.15) is 11.5 Å². The van der Waals surface area contributed by atoms with Crippen LogP contribution in [0.25, 0.3) is 6.08 Å². The van der Waals surface area contributed by atoms with Crippen LogP contribution in [0.5, 0.6) is 0 Å². The molecule has 1 aromatic carbocycles. The Bertz CT molecular complexity index is 1280. The van der Waals surface area contributed by atoms with Gasteiger partial charge in [0.05, 0.1) is 40.9 Å². The lowest BCUT2D eigenvalue weighted by molar-refractivity contribution is -0.138. The van der Waals surface area contributed by atoms with Crippen molar-refractivity contribution in [1.29, 1.82) is 0 Å². The number of nitrogens with zero attached hydrogens (tertiary/aromatic N) is 1. The van der Waals surface area contributed by atoms with Crippen LogP contribution in [0.2, 0.25) is 10.0 Å². The van der Waals surface area contributed by atoms with Crippen molar-refractivity contribution >= 4 is 58.7 Å². The molecule has 0 aliphatic carbocycles. The zero-order valence-electron chi connectivity index (χ0n) is 20.4. The van der Waals surface area contributed by atoms with E-state index in [0.29, 0.717) is 22.2 Å². The third kappa shape index (κ3) is 6.79. The van der Waals surface area contributed by atoms with Gasteiger partial charge in [0.15, 0.2) is 0 Å². The molecule has 3 amide bonds. The Morgan fingerprint density at radius 1 is 1.11 bits per heavy atom. The summed E-state index contributed by atoms with van der Waals surface area (Å²) in [5, 5.41) is 5.41. The molecule has 2 aromatic rings. The number of nitrogens with one attached hydrogen (secondary N) is 2. The topological polar surface area (TPSA) is 127 Å². The minimum atomic E-state index is -0.903. The summed E-state index contributed by atoms with van der Waals surface area (Å²) in [7, 11) is 1.52. The second kappa shape index (κ2) is 12.6. The maximum Gasteiger partial charge on any atom is 0.340 e. The van der Waals surface area contributed by atoms with Crippen molar-refractivity contribution in [3.05, 3.63) is 68.7 Å². The van der Waals surface area contributed by atoms with Crippen LogP contribution in [-0.4, -0.2) is 55.5 Å². The van der Waals surface area contributed by atoms with Crippen molar-refractivity contribution in [2.24, 2.45) is 0 Å². The molecule has 2 heterocycles. The molecular formula is C25H25Cl2N3O7. The average molecular weight is 550 g/mol. The number of hydrogen-bond donors (Lipinski definition) is 2. The molecule has 196 valence electrons. The van der Waals surface area contributed by atoms with E-state index in [1.54, 1.807) is 26.0 Å². The van der Waals surface area contributed by atoms with Crippen LogP contribution in [-0.2, 0) is 35.2 Å². The van der Waals surface area contributed by atoms with Gasteiger partial charge in [0.2, 0.25) is 0 Å². The minimum Gasteiger partial charge on any atom is -0.462 e. The van der Waals surface area contributed by atoms with Gasteiger partial charge in [-0.15, -0.1) is 0 Å². The van der Waals surface area contributed by atoms with Gasteiger partial charge in [-0.1, -0.05) is 23.2 Å². The van der Waals surface area contributed by atoms with Crippen molar-refractivity contribution in [2.75, 3.05) is 32.2 Å². The summed E-state index contributed by atoms with van der Waals surface area (Å²) in [5.74, 6) is -2.21. The van der Waals surface area contributed by atoms with Gasteiger partial charge < -0.3 is 29.4 Å². The molecule has 1 aliphatic rings. The van der Waals surface area contributed by atoms with E-state index in [4.69, 9.17) is 37.1 Å². The first-order chi connectivity index (χ1) is 17.7. The number of anilines is 1. The third-order valence-electron chi connectivity index (χ3n) is 5.29. The van der Waals surface area contributed by atoms with Crippen LogP contribution in [0.3, 0.4) is 0 Å². The molecule has 1 aliphatic heterocycles. The summed E-state index contributed by atoms with van der Waals surface area (Å²) in [6, 6.07) is 7.57. The van der Waals surface area contributed by atoms with E-state index >= 15 is 0 Å². The second-order valence-electron chi connectivity index (χ2n) is 7.76. The zero-order valence-corrected chi connectivity index (χ0v) is 21.9. The molecule has 0 radical (unpaired) electrons. The monoisotopic (exact) mass is 549 g/mol. The van der Waals surface area contributed by atoms with Crippen LogP contribution in [0.1, 0.15) is 25.4 Å². The number of amides is 3. The van der Waals surface area contributed by atoms with Gasteiger partial charge in [0.25, 0.3) is 5.91 Å². The molecule has 2 N–H and O–H groups in total. The summed E-state index contributed by atoms with van der Waals surface area (Å²) in [6.07, 6.45) is 1.44. The van der Waals surface area contributed by atoms with E-state index in [-0.39, 0.29) is 54.1 Å². The Labute approximate surface area is 223 Å². The maximum atomic E-state index is 13.0. The number of hydrogen-bond acceptors (Lipinski definition) is 7. The Hall–Kier alpha value is -3.60. The number of allylic oxidation sites excluding steroid dienone is 1. The normalized spacial score (nSPS) is 14.4. The SMILES string of the molecule is CCOC(=O)C1=C(C)N(CCOC)C(=O)/C1=C/c1ccc(CNC(=O)C(=O)Nc2ccc(Cl)c(Cl)c2)o1. The highest BCUT2D eigenvalue weighted by atomic mass is 35.5. The van der Waals surface area contributed by atoms with E-state index in [1.807, 2.05) is 0 Å². The lowest BCUT2D eigenvalue weighted by atomic mass is 10.1. The Balaban J connectivity index is 1.69. The van der Waals surface area contributed by atoms with E-state index in [1.165, 1.54) is 36.3 Å². The molecule has 0 saturated carbocycles. The number of furan rings is 1. The summed E-state index contributed by atoms with van der Waals surface area (Å²) in [4.78, 5) is 51.4. The fourth-order valence-corrected chi connectivity index (χ4v) is 3.80. The van der Waals surface area contributed by atoms with Crippen LogP contribution in [0.4, 0.5) is 5.69 Å². The lowest BCUT2D eigenvalue weighted by Crippen LogP contribution is -2.34. The van der Waals surface area contributed by atoms with E-state index < -0.39 is 17.8 Å². The largest absolute Gasteiger partial charge is 0.462 e. The average Bonchev–Trinajstić information content (AvgIpc) is 3.40. The molecule has 10 nitrogen and oxygen atoms in total. The van der Waals surface area contributed by atoms with Gasteiger partial charge in [-0.3, -0.25) is 14.4 Å².